The fourth-order valence-electron chi connectivity index (χ4n) is 4.00. The van der Waals surface area contributed by atoms with Crippen LogP contribution in [0, 0.1) is 0 Å². The average Bonchev–Trinajstić information content (AvgIpc) is 3.27. The summed E-state index contributed by atoms with van der Waals surface area (Å²) in [7, 11) is 0. The number of pyridine rings is 1. The number of alkyl halides is 3. The second-order valence-corrected chi connectivity index (χ2v) is 8.24. The van der Waals surface area contributed by atoms with Crippen molar-refractivity contribution < 1.29 is 18.0 Å². The normalized spacial score (nSPS) is 12.4. The number of halogens is 3. The number of nitrogens with zero attached hydrogens (tertiary/aromatic N) is 4. The second-order valence-electron chi connectivity index (χ2n) is 8.24. The molecule has 0 aliphatic heterocycles. The molecule has 0 saturated carbocycles. The van der Waals surface area contributed by atoms with Gasteiger partial charge in [0.1, 0.15) is 5.65 Å². The highest BCUT2D eigenvalue weighted by Crippen LogP contribution is 2.36. The Morgan fingerprint density at radius 2 is 1.78 bits per heavy atom. The standard InChI is InChI=1S/C27H20F3N5O/c1-17(19-6-3-2-4-7-19)32-26-31-13-12-22(33-26)25-24(20-8-5-9-21(14-20)27(28,29)30)34-23-11-10-18(16-36)15-35(23)25/h2-17H,1H3,(H,31,32,33)/t17-/m1/s1. The van der Waals surface area contributed by atoms with Crippen molar-refractivity contribution in [2.24, 2.45) is 0 Å². The summed E-state index contributed by atoms with van der Waals surface area (Å²) in [5.74, 6) is 0.348. The van der Waals surface area contributed by atoms with E-state index < -0.39 is 11.7 Å². The summed E-state index contributed by atoms with van der Waals surface area (Å²) < 4.78 is 42.0. The number of hydrogen-bond donors (Lipinski definition) is 1. The van der Waals surface area contributed by atoms with Crippen LogP contribution in [0.2, 0.25) is 0 Å². The van der Waals surface area contributed by atoms with E-state index in [1.54, 1.807) is 41.1 Å². The highest BCUT2D eigenvalue weighted by Gasteiger charge is 2.31. The number of anilines is 1. The van der Waals surface area contributed by atoms with Gasteiger partial charge in [-0.3, -0.25) is 9.20 Å². The van der Waals surface area contributed by atoms with E-state index in [2.05, 4.69) is 20.3 Å². The number of nitrogens with one attached hydrogen (secondary N) is 1. The number of aldehydes is 1. The monoisotopic (exact) mass is 487 g/mol. The van der Waals surface area contributed by atoms with Crippen LogP contribution in [-0.4, -0.2) is 25.6 Å². The lowest BCUT2D eigenvalue weighted by Gasteiger charge is -2.15. The highest BCUT2D eigenvalue weighted by molar-refractivity contribution is 5.83. The van der Waals surface area contributed by atoms with Crippen LogP contribution in [0.3, 0.4) is 0 Å². The molecule has 2 aromatic carbocycles. The first kappa shape index (κ1) is 23.2. The van der Waals surface area contributed by atoms with Crippen molar-refractivity contribution in [2.75, 3.05) is 5.32 Å². The van der Waals surface area contributed by atoms with E-state index in [0.29, 0.717) is 40.5 Å². The van der Waals surface area contributed by atoms with E-state index >= 15 is 0 Å². The third-order valence-electron chi connectivity index (χ3n) is 5.78. The van der Waals surface area contributed by atoms with Crippen molar-refractivity contribution in [3.05, 3.63) is 102 Å². The minimum Gasteiger partial charge on any atom is -0.348 e. The Hall–Kier alpha value is -4.53. The predicted octanol–water partition coefficient (Wildman–Crippen LogP) is 6.46. The molecule has 0 bridgehead atoms. The number of hydrogen-bond acceptors (Lipinski definition) is 5. The molecule has 0 spiro atoms. The molecule has 6 nitrogen and oxygen atoms in total. The van der Waals surface area contributed by atoms with Gasteiger partial charge in [-0.2, -0.15) is 13.2 Å². The van der Waals surface area contributed by atoms with Crippen LogP contribution in [0.4, 0.5) is 19.1 Å². The van der Waals surface area contributed by atoms with Crippen molar-refractivity contribution in [1.29, 1.82) is 0 Å². The van der Waals surface area contributed by atoms with Crippen LogP contribution in [-0.2, 0) is 6.18 Å². The minimum atomic E-state index is -4.50. The Morgan fingerprint density at radius 3 is 2.53 bits per heavy atom. The highest BCUT2D eigenvalue weighted by atomic mass is 19.4. The van der Waals surface area contributed by atoms with Gasteiger partial charge in [-0.1, -0.05) is 42.5 Å². The molecule has 0 amide bonds. The average molecular weight is 487 g/mol. The quantitative estimate of drug-likeness (QED) is 0.278. The molecule has 3 heterocycles. The first-order valence-corrected chi connectivity index (χ1v) is 11.1. The number of benzene rings is 2. The number of imidazole rings is 1. The lowest BCUT2D eigenvalue weighted by molar-refractivity contribution is -0.137. The van der Waals surface area contributed by atoms with Crippen molar-refractivity contribution in [3.8, 4) is 22.6 Å². The Balaban J connectivity index is 1.65. The number of carbonyl (C=O) groups excluding carboxylic acids is 1. The van der Waals surface area contributed by atoms with Crippen LogP contribution in [0.25, 0.3) is 28.3 Å². The Bertz CT molecular complexity index is 1550. The summed E-state index contributed by atoms with van der Waals surface area (Å²) in [6, 6.07) is 19.6. The SMILES string of the molecule is C[C@@H](Nc1nccc(-c2c(-c3cccc(C(F)(F)F)c3)nc3ccc(C=O)cn23)n1)c1ccccc1. The lowest BCUT2D eigenvalue weighted by atomic mass is 10.0. The van der Waals surface area contributed by atoms with Crippen molar-refractivity contribution >= 4 is 17.9 Å². The Labute approximate surface area is 204 Å². The zero-order chi connectivity index (χ0) is 25.3. The molecule has 0 aliphatic rings. The van der Waals surface area contributed by atoms with Gasteiger partial charge in [-0.25, -0.2) is 15.0 Å². The lowest BCUT2D eigenvalue weighted by Crippen LogP contribution is -2.09. The van der Waals surface area contributed by atoms with Crippen molar-refractivity contribution in [2.45, 2.75) is 19.1 Å². The third-order valence-corrected chi connectivity index (χ3v) is 5.78. The summed E-state index contributed by atoms with van der Waals surface area (Å²) >= 11 is 0. The van der Waals surface area contributed by atoms with Gasteiger partial charge in [0, 0.05) is 23.5 Å². The Kier molecular flexibility index (Phi) is 5.97. The van der Waals surface area contributed by atoms with E-state index in [9.17, 15) is 18.0 Å². The maximum atomic E-state index is 13.4. The molecule has 36 heavy (non-hydrogen) atoms. The maximum Gasteiger partial charge on any atom is 0.416 e. The molecule has 5 aromatic rings. The third kappa shape index (κ3) is 4.55. The van der Waals surface area contributed by atoms with Crippen molar-refractivity contribution in [3.63, 3.8) is 0 Å². The fraction of sp³-hybridized carbons (Fsp3) is 0.111. The number of carbonyl (C=O) groups is 1. The van der Waals surface area contributed by atoms with E-state index in [1.807, 2.05) is 37.3 Å². The van der Waals surface area contributed by atoms with Gasteiger partial charge >= 0.3 is 6.18 Å². The van der Waals surface area contributed by atoms with E-state index in [-0.39, 0.29) is 11.6 Å². The van der Waals surface area contributed by atoms with E-state index in [1.165, 1.54) is 6.07 Å². The van der Waals surface area contributed by atoms with Gasteiger partial charge in [-0.15, -0.1) is 0 Å². The minimum absolute atomic E-state index is 0.0896. The molecule has 0 radical (unpaired) electrons. The maximum absolute atomic E-state index is 13.4. The molecule has 180 valence electrons. The van der Waals surface area contributed by atoms with Gasteiger partial charge in [-0.05, 0) is 42.8 Å². The smallest absolute Gasteiger partial charge is 0.348 e. The first-order chi connectivity index (χ1) is 17.3. The molecule has 0 fully saturated rings. The number of aromatic nitrogens is 4. The second kappa shape index (κ2) is 9.26. The fourth-order valence-corrected chi connectivity index (χ4v) is 4.00. The topological polar surface area (TPSA) is 72.2 Å². The molecule has 0 unspecified atom stereocenters. The van der Waals surface area contributed by atoms with Gasteiger partial charge < -0.3 is 5.32 Å². The van der Waals surface area contributed by atoms with Crippen LogP contribution in [0.15, 0.2) is 85.2 Å². The van der Waals surface area contributed by atoms with Crippen molar-refractivity contribution in [1.82, 2.24) is 19.4 Å². The number of rotatable bonds is 6. The first-order valence-electron chi connectivity index (χ1n) is 11.1. The summed E-state index contributed by atoms with van der Waals surface area (Å²) in [4.78, 5) is 25.0. The van der Waals surface area contributed by atoms with Gasteiger partial charge in [0.05, 0.1) is 28.7 Å². The summed E-state index contributed by atoms with van der Waals surface area (Å²) in [6.07, 6.45) is -0.647. The largest absolute Gasteiger partial charge is 0.416 e. The zero-order valence-electron chi connectivity index (χ0n) is 19.1. The summed E-state index contributed by atoms with van der Waals surface area (Å²) in [5.41, 5.74) is 2.60. The number of fused-ring (bicyclic) bond motifs is 1. The summed E-state index contributed by atoms with van der Waals surface area (Å²) in [6.45, 7) is 1.98. The summed E-state index contributed by atoms with van der Waals surface area (Å²) in [5, 5.41) is 3.26. The van der Waals surface area contributed by atoms with Crippen LogP contribution >= 0.6 is 0 Å². The molecule has 0 aliphatic carbocycles. The predicted molar refractivity (Wildman–Crippen MR) is 131 cm³/mol. The van der Waals surface area contributed by atoms with Crippen LogP contribution in [0.1, 0.15) is 34.5 Å². The molecule has 5 rings (SSSR count). The van der Waals surface area contributed by atoms with Crippen LogP contribution in [0.5, 0.6) is 0 Å². The molecular weight excluding hydrogens is 467 g/mol. The van der Waals surface area contributed by atoms with Crippen LogP contribution < -0.4 is 5.32 Å². The molecule has 1 N–H and O–H groups in total. The van der Waals surface area contributed by atoms with E-state index in [4.69, 9.17) is 0 Å². The van der Waals surface area contributed by atoms with Gasteiger partial charge in [0.25, 0.3) is 0 Å². The van der Waals surface area contributed by atoms with Gasteiger partial charge in [0.2, 0.25) is 5.95 Å². The van der Waals surface area contributed by atoms with Gasteiger partial charge in [0.15, 0.2) is 6.29 Å². The Morgan fingerprint density at radius 1 is 0.972 bits per heavy atom. The zero-order valence-corrected chi connectivity index (χ0v) is 19.1. The molecule has 9 heteroatoms. The molecule has 3 aromatic heterocycles. The molecule has 0 saturated heterocycles. The molecule has 1 atom stereocenters. The van der Waals surface area contributed by atoms with E-state index in [0.717, 1.165) is 17.7 Å². The molecular formula is C27H20F3N5O.